The van der Waals surface area contributed by atoms with E-state index in [0.717, 1.165) is 38.6 Å². The van der Waals surface area contributed by atoms with E-state index in [-0.39, 0.29) is 6.04 Å². The third-order valence-electron chi connectivity index (χ3n) is 3.67. The molecule has 2 rings (SSSR count). The van der Waals surface area contributed by atoms with Crippen LogP contribution in [0.25, 0.3) is 0 Å². The number of benzene rings is 1. The average Bonchev–Trinajstić information content (AvgIpc) is 2.46. The van der Waals surface area contributed by atoms with Crippen molar-refractivity contribution in [3.05, 3.63) is 24.3 Å². The van der Waals surface area contributed by atoms with Gasteiger partial charge in [0.15, 0.2) is 0 Å². The summed E-state index contributed by atoms with van der Waals surface area (Å²) in [5.41, 5.74) is 0.692. The smallest absolute Gasteiger partial charge is 0.242 e. The first-order valence-corrected chi connectivity index (χ1v) is 8.97. The molecule has 1 aromatic carbocycles. The number of hydrogen-bond acceptors (Lipinski definition) is 3. The lowest BCUT2D eigenvalue weighted by Crippen LogP contribution is -2.36. The van der Waals surface area contributed by atoms with Crippen LogP contribution in [-0.2, 0) is 10.0 Å². The molecule has 0 heterocycles. The zero-order chi connectivity index (χ0) is 14.4. The molecule has 1 fully saturated rings. The summed E-state index contributed by atoms with van der Waals surface area (Å²) in [4.78, 5) is 0.360. The Kier molecular flexibility index (Phi) is 5.43. The number of hydrogen-bond donors (Lipinski definition) is 2. The first kappa shape index (κ1) is 15.3. The SMILES string of the molecule is CCCNc1ccccc1S(=O)(=O)NC1CCCCC1. The van der Waals surface area contributed by atoms with Crippen LogP contribution in [0.1, 0.15) is 45.4 Å². The highest BCUT2D eigenvalue weighted by Gasteiger charge is 2.23. The fourth-order valence-electron chi connectivity index (χ4n) is 2.61. The summed E-state index contributed by atoms with van der Waals surface area (Å²) in [5.74, 6) is 0. The molecule has 1 aliphatic rings. The zero-order valence-corrected chi connectivity index (χ0v) is 12.9. The fraction of sp³-hybridized carbons (Fsp3) is 0.600. The van der Waals surface area contributed by atoms with Crippen LogP contribution < -0.4 is 10.0 Å². The van der Waals surface area contributed by atoms with Crippen molar-refractivity contribution < 1.29 is 8.42 Å². The minimum absolute atomic E-state index is 0.0907. The molecular weight excluding hydrogens is 272 g/mol. The number of anilines is 1. The first-order chi connectivity index (χ1) is 9.63. The van der Waals surface area contributed by atoms with Gasteiger partial charge in [0, 0.05) is 12.6 Å². The van der Waals surface area contributed by atoms with E-state index in [1.54, 1.807) is 12.1 Å². The number of rotatable bonds is 6. The highest BCUT2D eigenvalue weighted by molar-refractivity contribution is 7.89. The molecule has 0 amide bonds. The Hall–Kier alpha value is -1.07. The molecule has 5 heteroatoms. The maximum Gasteiger partial charge on any atom is 0.242 e. The van der Waals surface area contributed by atoms with Gasteiger partial charge in [-0.2, -0.15) is 0 Å². The molecule has 1 aliphatic carbocycles. The Morgan fingerprint density at radius 2 is 1.85 bits per heavy atom. The minimum Gasteiger partial charge on any atom is -0.384 e. The van der Waals surface area contributed by atoms with E-state index in [0.29, 0.717) is 10.6 Å². The largest absolute Gasteiger partial charge is 0.384 e. The third-order valence-corrected chi connectivity index (χ3v) is 5.25. The molecule has 1 saturated carbocycles. The van der Waals surface area contributed by atoms with Gasteiger partial charge in [0.25, 0.3) is 0 Å². The molecule has 1 aromatic rings. The van der Waals surface area contributed by atoms with Gasteiger partial charge in [-0.1, -0.05) is 38.3 Å². The topological polar surface area (TPSA) is 58.2 Å². The lowest BCUT2D eigenvalue weighted by atomic mass is 9.96. The lowest BCUT2D eigenvalue weighted by molar-refractivity contribution is 0.412. The number of sulfonamides is 1. The summed E-state index contributed by atoms with van der Waals surface area (Å²) >= 11 is 0. The summed E-state index contributed by atoms with van der Waals surface area (Å²) < 4.78 is 27.9. The molecule has 0 atom stereocenters. The van der Waals surface area contributed by atoms with Gasteiger partial charge >= 0.3 is 0 Å². The number of nitrogens with one attached hydrogen (secondary N) is 2. The van der Waals surface area contributed by atoms with E-state index in [1.165, 1.54) is 6.42 Å². The normalized spacial score (nSPS) is 17.1. The molecule has 2 N–H and O–H groups in total. The maximum absolute atomic E-state index is 12.5. The molecule has 0 aliphatic heterocycles. The van der Waals surface area contributed by atoms with Crippen LogP contribution in [0.2, 0.25) is 0 Å². The highest BCUT2D eigenvalue weighted by Crippen LogP contribution is 2.24. The molecule has 0 unspecified atom stereocenters. The van der Waals surface area contributed by atoms with Crippen LogP contribution in [0.4, 0.5) is 5.69 Å². The highest BCUT2D eigenvalue weighted by atomic mass is 32.2. The molecule has 0 spiro atoms. The molecule has 0 bridgehead atoms. The van der Waals surface area contributed by atoms with Crippen LogP contribution in [0.5, 0.6) is 0 Å². The Labute approximate surface area is 122 Å². The van der Waals surface area contributed by atoms with Crippen molar-refractivity contribution in [2.75, 3.05) is 11.9 Å². The lowest BCUT2D eigenvalue weighted by Gasteiger charge is -2.23. The van der Waals surface area contributed by atoms with Crippen molar-refractivity contribution in [3.63, 3.8) is 0 Å². The van der Waals surface area contributed by atoms with Crippen molar-refractivity contribution in [1.82, 2.24) is 4.72 Å². The van der Waals surface area contributed by atoms with Crippen molar-refractivity contribution in [3.8, 4) is 0 Å². The Morgan fingerprint density at radius 3 is 2.55 bits per heavy atom. The predicted octanol–water partition coefficient (Wildman–Crippen LogP) is 3.12. The third kappa shape index (κ3) is 3.96. The van der Waals surface area contributed by atoms with Gasteiger partial charge in [0.05, 0.1) is 5.69 Å². The monoisotopic (exact) mass is 296 g/mol. The van der Waals surface area contributed by atoms with Crippen molar-refractivity contribution >= 4 is 15.7 Å². The van der Waals surface area contributed by atoms with Crippen molar-refractivity contribution in [2.45, 2.75) is 56.4 Å². The summed E-state index contributed by atoms with van der Waals surface area (Å²) in [5, 5.41) is 3.19. The van der Waals surface area contributed by atoms with Crippen LogP contribution in [0.15, 0.2) is 29.2 Å². The summed E-state index contributed by atoms with van der Waals surface area (Å²) in [6.07, 6.45) is 6.30. The van der Waals surface area contributed by atoms with Gasteiger partial charge in [-0.25, -0.2) is 13.1 Å². The standard InChI is InChI=1S/C15H24N2O2S/c1-2-12-16-14-10-6-7-11-15(14)20(18,19)17-13-8-4-3-5-9-13/h6-7,10-11,13,16-17H,2-5,8-9,12H2,1H3. The first-order valence-electron chi connectivity index (χ1n) is 7.48. The van der Waals surface area contributed by atoms with E-state index in [1.807, 2.05) is 12.1 Å². The van der Waals surface area contributed by atoms with Crippen LogP contribution >= 0.6 is 0 Å². The minimum atomic E-state index is -3.43. The molecule has 20 heavy (non-hydrogen) atoms. The van der Waals surface area contributed by atoms with Gasteiger partial charge in [0.1, 0.15) is 4.90 Å². The van der Waals surface area contributed by atoms with E-state index in [2.05, 4.69) is 17.0 Å². The molecule has 0 aromatic heterocycles. The second-order valence-corrected chi connectivity index (χ2v) is 7.06. The fourth-order valence-corrected chi connectivity index (χ4v) is 4.10. The number of para-hydroxylation sites is 1. The van der Waals surface area contributed by atoms with Gasteiger partial charge in [-0.15, -0.1) is 0 Å². The van der Waals surface area contributed by atoms with Crippen molar-refractivity contribution in [1.29, 1.82) is 0 Å². The van der Waals surface area contributed by atoms with E-state index < -0.39 is 10.0 Å². The van der Waals surface area contributed by atoms with Gasteiger partial charge in [0.2, 0.25) is 10.0 Å². The Morgan fingerprint density at radius 1 is 1.15 bits per heavy atom. The quantitative estimate of drug-likeness (QED) is 0.848. The Bertz CT molecular complexity index is 522. The molecule has 0 saturated heterocycles. The summed E-state index contributed by atoms with van der Waals surface area (Å²) in [6, 6.07) is 7.21. The van der Waals surface area contributed by atoms with Crippen LogP contribution in [0, 0.1) is 0 Å². The molecular formula is C15H24N2O2S. The average molecular weight is 296 g/mol. The van der Waals surface area contributed by atoms with Crippen LogP contribution in [-0.4, -0.2) is 21.0 Å². The van der Waals surface area contributed by atoms with Gasteiger partial charge < -0.3 is 5.32 Å². The zero-order valence-electron chi connectivity index (χ0n) is 12.1. The second-order valence-electron chi connectivity index (χ2n) is 5.38. The molecule has 0 radical (unpaired) electrons. The second kappa shape index (κ2) is 7.09. The van der Waals surface area contributed by atoms with Crippen molar-refractivity contribution in [2.24, 2.45) is 0 Å². The molecule has 4 nitrogen and oxygen atoms in total. The molecule has 112 valence electrons. The van der Waals surface area contributed by atoms with E-state index in [4.69, 9.17) is 0 Å². The van der Waals surface area contributed by atoms with Gasteiger partial charge in [-0.3, -0.25) is 0 Å². The Balaban J connectivity index is 2.15. The van der Waals surface area contributed by atoms with E-state index >= 15 is 0 Å². The summed E-state index contributed by atoms with van der Waals surface area (Å²) in [6.45, 7) is 2.83. The van der Waals surface area contributed by atoms with Crippen LogP contribution in [0.3, 0.4) is 0 Å². The predicted molar refractivity (Wildman–Crippen MR) is 82.4 cm³/mol. The van der Waals surface area contributed by atoms with E-state index in [9.17, 15) is 8.42 Å². The van der Waals surface area contributed by atoms with Gasteiger partial charge in [-0.05, 0) is 31.4 Å². The summed E-state index contributed by atoms with van der Waals surface area (Å²) in [7, 11) is -3.43. The maximum atomic E-state index is 12.5.